The van der Waals surface area contributed by atoms with Crippen molar-refractivity contribution >= 4 is 20.8 Å². The Kier molecular flexibility index (Phi) is 5.53. The van der Waals surface area contributed by atoms with E-state index >= 15 is 0 Å². The number of rotatable bonds is 5. The monoisotopic (exact) mass is 437 g/mol. The summed E-state index contributed by atoms with van der Waals surface area (Å²) in [4.78, 5) is 0.371. The molecule has 4 aromatic rings. The quantitative estimate of drug-likeness (QED) is 0.324. The van der Waals surface area contributed by atoms with Gasteiger partial charge in [-0.25, -0.2) is 8.42 Å². The fourth-order valence-corrected chi connectivity index (χ4v) is 5.11. The molecule has 1 fully saturated rings. The van der Waals surface area contributed by atoms with Crippen molar-refractivity contribution in [2.75, 3.05) is 13.1 Å². The second-order valence-electron chi connectivity index (χ2n) is 8.09. The SMILES string of the molecule is O=S(=O)(c1ccc(Cc2ccc3ccc(C#CCc4ccccc4)cc3c2)cc1)N1CC1. The Hall–Kier alpha value is -3.39. The van der Waals surface area contributed by atoms with Crippen molar-refractivity contribution in [1.82, 2.24) is 4.31 Å². The molecule has 158 valence electrons. The van der Waals surface area contributed by atoms with Crippen molar-refractivity contribution in [1.29, 1.82) is 0 Å². The number of hydrogen-bond acceptors (Lipinski definition) is 2. The molecule has 1 heterocycles. The molecule has 0 radical (unpaired) electrons. The van der Waals surface area contributed by atoms with E-state index in [4.69, 9.17) is 0 Å². The van der Waals surface area contributed by atoms with E-state index in [9.17, 15) is 8.42 Å². The summed E-state index contributed by atoms with van der Waals surface area (Å²) in [5.41, 5.74) is 4.51. The summed E-state index contributed by atoms with van der Waals surface area (Å²) >= 11 is 0. The molecule has 3 nitrogen and oxygen atoms in total. The Labute approximate surface area is 189 Å². The van der Waals surface area contributed by atoms with E-state index in [-0.39, 0.29) is 0 Å². The Bertz CT molecular complexity index is 1430. The first-order valence-electron chi connectivity index (χ1n) is 10.7. The van der Waals surface area contributed by atoms with E-state index < -0.39 is 10.0 Å². The number of hydrogen-bond donors (Lipinski definition) is 0. The molecule has 1 aliphatic rings. The normalized spacial score (nSPS) is 13.5. The van der Waals surface area contributed by atoms with Crippen molar-refractivity contribution in [3.63, 3.8) is 0 Å². The smallest absolute Gasteiger partial charge is 0.207 e. The molecule has 1 saturated heterocycles. The van der Waals surface area contributed by atoms with Crippen LogP contribution in [0.5, 0.6) is 0 Å². The predicted molar refractivity (Wildman–Crippen MR) is 129 cm³/mol. The van der Waals surface area contributed by atoms with Gasteiger partial charge in [0, 0.05) is 25.1 Å². The van der Waals surface area contributed by atoms with E-state index in [1.807, 2.05) is 30.3 Å². The maximum Gasteiger partial charge on any atom is 0.243 e. The summed E-state index contributed by atoms with van der Waals surface area (Å²) < 4.78 is 26.1. The van der Waals surface area contributed by atoms with Crippen LogP contribution in [-0.2, 0) is 22.9 Å². The minimum atomic E-state index is -3.29. The van der Waals surface area contributed by atoms with Gasteiger partial charge in [0.2, 0.25) is 10.0 Å². The van der Waals surface area contributed by atoms with Crippen LogP contribution in [0.3, 0.4) is 0 Å². The van der Waals surface area contributed by atoms with E-state index in [0.29, 0.717) is 18.0 Å². The first-order valence-corrected chi connectivity index (χ1v) is 12.2. The van der Waals surface area contributed by atoms with Gasteiger partial charge in [-0.05, 0) is 58.1 Å². The van der Waals surface area contributed by atoms with Crippen LogP contribution < -0.4 is 0 Å². The van der Waals surface area contributed by atoms with E-state index in [2.05, 4.69) is 60.4 Å². The van der Waals surface area contributed by atoms with Crippen LogP contribution >= 0.6 is 0 Å². The molecule has 0 spiro atoms. The molecule has 4 aromatic carbocycles. The molecule has 4 heteroatoms. The zero-order chi connectivity index (χ0) is 22.0. The third kappa shape index (κ3) is 4.60. The lowest BCUT2D eigenvalue weighted by atomic mass is 10.00. The fraction of sp³-hybridized carbons (Fsp3) is 0.143. The molecule has 0 atom stereocenters. The number of nitrogens with zero attached hydrogens (tertiary/aromatic N) is 1. The Morgan fingerprint density at radius 3 is 2.19 bits per heavy atom. The van der Waals surface area contributed by atoms with Crippen LogP contribution in [0, 0.1) is 11.8 Å². The highest BCUT2D eigenvalue weighted by molar-refractivity contribution is 7.89. The zero-order valence-corrected chi connectivity index (χ0v) is 18.5. The van der Waals surface area contributed by atoms with Gasteiger partial charge in [-0.1, -0.05) is 78.6 Å². The third-order valence-corrected chi connectivity index (χ3v) is 7.56. The Morgan fingerprint density at radius 1 is 0.719 bits per heavy atom. The maximum absolute atomic E-state index is 12.3. The third-order valence-electron chi connectivity index (χ3n) is 5.65. The van der Waals surface area contributed by atoms with Gasteiger partial charge in [-0.15, -0.1) is 0 Å². The molecule has 0 unspecified atom stereocenters. The molecule has 0 bridgehead atoms. The second kappa shape index (κ2) is 8.63. The molecule has 1 aliphatic heterocycles. The molecule has 0 aliphatic carbocycles. The molecule has 0 saturated carbocycles. The molecular weight excluding hydrogens is 414 g/mol. The first-order chi connectivity index (χ1) is 15.6. The highest BCUT2D eigenvalue weighted by Crippen LogP contribution is 2.23. The average molecular weight is 438 g/mol. The minimum Gasteiger partial charge on any atom is -0.207 e. The lowest BCUT2D eigenvalue weighted by Gasteiger charge is -2.07. The van der Waals surface area contributed by atoms with E-state index in [1.54, 1.807) is 12.1 Å². The van der Waals surface area contributed by atoms with Crippen LogP contribution in [0.4, 0.5) is 0 Å². The maximum atomic E-state index is 12.3. The van der Waals surface area contributed by atoms with Crippen molar-refractivity contribution in [3.8, 4) is 11.8 Å². The first kappa shape index (κ1) is 20.5. The summed E-state index contributed by atoms with van der Waals surface area (Å²) in [5.74, 6) is 6.54. The van der Waals surface area contributed by atoms with Crippen LogP contribution in [0.1, 0.15) is 22.3 Å². The van der Waals surface area contributed by atoms with Gasteiger partial charge in [0.15, 0.2) is 0 Å². The minimum absolute atomic E-state index is 0.371. The second-order valence-corrected chi connectivity index (χ2v) is 10.0. The topological polar surface area (TPSA) is 37.1 Å². The van der Waals surface area contributed by atoms with Crippen molar-refractivity contribution in [3.05, 3.63) is 113 Å². The largest absolute Gasteiger partial charge is 0.243 e. The van der Waals surface area contributed by atoms with Gasteiger partial charge in [0.1, 0.15) is 0 Å². The molecule has 0 aromatic heterocycles. The Balaban J connectivity index is 1.33. The molecule has 0 N–H and O–H groups in total. The fourth-order valence-electron chi connectivity index (χ4n) is 3.77. The summed E-state index contributed by atoms with van der Waals surface area (Å²) in [6, 6.07) is 30.3. The lowest BCUT2D eigenvalue weighted by molar-refractivity contribution is 0.563. The van der Waals surface area contributed by atoms with Gasteiger partial charge in [0.05, 0.1) is 4.90 Å². The van der Waals surface area contributed by atoms with Crippen LogP contribution in [0.15, 0.2) is 95.9 Å². The summed E-state index contributed by atoms with van der Waals surface area (Å²) in [6.45, 7) is 1.25. The molecular formula is C28H23NO2S. The summed E-state index contributed by atoms with van der Waals surface area (Å²) in [7, 11) is -3.29. The van der Waals surface area contributed by atoms with E-state index in [0.717, 1.165) is 29.4 Å². The zero-order valence-electron chi connectivity index (χ0n) is 17.7. The highest BCUT2D eigenvalue weighted by atomic mass is 32.2. The summed E-state index contributed by atoms with van der Waals surface area (Å²) in [5, 5.41) is 2.34. The number of benzene rings is 4. The Morgan fingerprint density at radius 2 is 1.44 bits per heavy atom. The molecule has 5 rings (SSSR count). The highest BCUT2D eigenvalue weighted by Gasteiger charge is 2.32. The van der Waals surface area contributed by atoms with Crippen molar-refractivity contribution in [2.24, 2.45) is 0 Å². The van der Waals surface area contributed by atoms with Gasteiger partial charge < -0.3 is 0 Å². The van der Waals surface area contributed by atoms with Gasteiger partial charge in [-0.3, -0.25) is 0 Å². The van der Waals surface area contributed by atoms with Crippen LogP contribution in [0.2, 0.25) is 0 Å². The number of sulfonamides is 1. The predicted octanol–water partition coefficient (Wildman–Crippen LogP) is 5.03. The van der Waals surface area contributed by atoms with Crippen molar-refractivity contribution < 1.29 is 8.42 Å². The van der Waals surface area contributed by atoms with Crippen LogP contribution in [-0.4, -0.2) is 25.8 Å². The van der Waals surface area contributed by atoms with Crippen molar-refractivity contribution in [2.45, 2.75) is 17.7 Å². The molecule has 0 amide bonds. The standard InChI is InChI=1S/C28H23NO2S/c30-32(31,29-17-18-29)28-15-11-24(12-16-28)19-25-10-14-26-13-9-23(20-27(26)21-25)8-4-7-22-5-2-1-3-6-22/h1-3,5-6,9-16,20-21H,7,17-19H2. The number of fused-ring (bicyclic) bond motifs is 1. The summed E-state index contributed by atoms with van der Waals surface area (Å²) in [6.07, 6.45) is 1.49. The molecule has 32 heavy (non-hydrogen) atoms. The van der Waals surface area contributed by atoms with Crippen LogP contribution in [0.25, 0.3) is 10.8 Å². The van der Waals surface area contributed by atoms with Gasteiger partial charge in [0.25, 0.3) is 0 Å². The average Bonchev–Trinajstić information content (AvgIpc) is 3.66. The lowest BCUT2D eigenvalue weighted by Crippen LogP contribution is -2.11. The van der Waals surface area contributed by atoms with Gasteiger partial charge >= 0.3 is 0 Å². The van der Waals surface area contributed by atoms with E-state index in [1.165, 1.54) is 20.8 Å². The van der Waals surface area contributed by atoms with Gasteiger partial charge in [-0.2, -0.15) is 4.31 Å².